The van der Waals surface area contributed by atoms with Crippen LogP contribution in [0, 0.1) is 0 Å². The molecule has 1 heterocycles. The number of hydrogen-bond donors (Lipinski definition) is 0. The first-order valence-corrected chi connectivity index (χ1v) is 6.64. The average Bonchev–Trinajstić information content (AvgIpc) is 2.11. The van der Waals surface area contributed by atoms with Gasteiger partial charge in [-0.05, 0) is 18.6 Å². The van der Waals surface area contributed by atoms with E-state index in [1.807, 2.05) is 11.8 Å². The molecule has 0 unspecified atom stereocenters. The molecular weight excluding hydrogens is 180 g/mol. The van der Waals surface area contributed by atoms with Crippen molar-refractivity contribution in [3.05, 3.63) is 0 Å². The Bertz CT molecular complexity index is 131. The number of hydrogen-bond acceptors (Lipinski definition) is 2. The van der Waals surface area contributed by atoms with Crippen molar-refractivity contribution in [1.82, 2.24) is 0 Å². The smallest absolute Gasteiger partial charge is 0.133 e. The summed E-state index contributed by atoms with van der Waals surface area (Å²) in [5.41, 5.74) is 0. The lowest BCUT2D eigenvalue weighted by Crippen LogP contribution is -2.00. The monoisotopic (exact) mass is 200 g/mol. The predicted octanol–water partition coefficient (Wildman–Crippen LogP) is 3.42. The normalized spacial score (nSPS) is 23.2. The predicted molar refractivity (Wildman–Crippen MR) is 59.3 cm³/mol. The van der Waals surface area contributed by atoms with Gasteiger partial charge in [-0.15, -0.1) is 0 Å². The van der Waals surface area contributed by atoms with E-state index in [9.17, 15) is 4.79 Å². The van der Waals surface area contributed by atoms with E-state index in [4.69, 9.17) is 0 Å². The number of carbonyl (C=O) groups is 1. The molecule has 0 N–H and O–H groups in total. The molecular formula is C11H20OS. The zero-order valence-corrected chi connectivity index (χ0v) is 9.20. The Balaban J connectivity index is 2.14. The summed E-state index contributed by atoms with van der Waals surface area (Å²) in [5.74, 6) is 2.79. The van der Waals surface area contributed by atoms with Gasteiger partial charge in [-0.25, -0.2) is 0 Å². The largest absolute Gasteiger partial charge is 0.300 e. The number of carbonyl (C=O) groups excluding carboxylic acids is 1. The van der Waals surface area contributed by atoms with Crippen molar-refractivity contribution in [2.45, 2.75) is 51.4 Å². The van der Waals surface area contributed by atoms with Gasteiger partial charge in [0, 0.05) is 18.6 Å². The Morgan fingerprint density at radius 2 is 1.46 bits per heavy atom. The van der Waals surface area contributed by atoms with E-state index >= 15 is 0 Å². The maximum atomic E-state index is 11.3. The zero-order chi connectivity index (χ0) is 9.36. The Hall–Kier alpha value is 0.0200. The maximum absolute atomic E-state index is 11.3. The van der Waals surface area contributed by atoms with Crippen molar-refractivity contribution in [3.8, 4) is 0 Å². The lowest BCUT2D eigenvalue weighted by molar-refractivity contribution is -0.118. The molecule has 1 fully saturated rings. The van der Waals surface area contributed by atoms with E-state index < -0.39 is 0 Å². The highest BCUT2D eigenvalue weighted by Gasteiger charge is 2.03. The summed E-state index contributed by atoms with van der Waals surface area (Å²) in [6.45, 7) is 0. The second kappa shape index (κ2) is 7.43. The standard InChI is InChI=1S/C11H20OS/c12-11-7-5-3-1-2-4-6-9-13-10-8-11/h1-10H2. The molecule has 1 nitrogen and oxygen atoms in total. The van der Waals surface area contributed by atoms with Crippen LogP contribution in [0.1, 0.15) is 51.4 Å². The summed E-state index contributed by atoms with van der Waals surface area (Å²) in [6, 6.07) is 0. The molecule has 1 saturated heterocycles. The van der Waals surface area contributed by atoms with Crippen LogP contribution < -0.4 is 0 Å². The number of rotatable bonds is 0. The molecule has 2 heteroatoms. The van der Waals surface area contributed by atoms with Gasteiger partial charge in [0.25, 0.3) is 0 Å². The number of Topliss-reactive ketones (excluding diaryl/α,β-unsaturated/α-hetero) is 1. The van der Waals surface area contributed by atoms with Crippen LogP contribution >= 0.6 is 11.8 Å². The molecule has 0 aromatic rings. The fourth-order valence-electron chi connectivity index (χ4n) is 1.65. The van der Waals surface area contributed by atoms with Crippen molar-refractivity contribution in [2.75, 3.05) is 11.5 Å². The van der Waals surface area contributed by atoms with Crippen molar-refractivity contribution in [3.63, 3.8) is 0 Å². The van der Waals surface area contributed by atoms with Crippen molar-refractivity contribution in [1.29, 1.82) is 0 Å². The quantitative estimate of drug-likeness (QED) is 0.596. The molecule has 0 saturated carbocycles. The SMILES string of the molecule is O=C1CCCCCCCCSCC1. The summed E-state index contributed by atoms with van der Waals surface area (Å²) < 4.78 is 0. The van der Waals surface area contributed by atoms with Crippen LogP contribution in [0.15, 0.2) is 0 Å². The molecule has 0 atom stereocenters. The third-order valence-electron chi connectivity index (χ3n) is 2.52. The van der Waals surface area contributed by atoms with Gasteiger partial charge in [-0.3, -0.25) is 4.79 Å². The minimum Gasteiger partial charge on any atom is -0.300 e. The third-order valence-corrected chi connectivity index (χ3v) is 3.59. The topological polar surface area (TPSA) is 17.1 Å². The Morgan fingerprint density at radius 1 is 0.769 bits per heavy atom. The van der Waals surface area contributed by atoms with E-state index in [-0.39, 0.29) is 0 Å². The van der Waals surface area contributed by atoms with Gasteiger partial charge in [0.1, 0.15) is 5.78 Å². The number of ketones is 1. The minimum absolute atomic E-state index is 0.480. The van der Waals surface area contributed by atoms with Crippen LogP contribution in [0.5, 0.6) is 0 Å². The molecule has 76 valence electrons. The van der Waals surface area contributed by atoms with Crippen LogP contribution in [-0.2, 0) is 4.79 Å². The van der Waals surface area contributed by atoms with Crippen molar-refractivity contribution in [2.24, 2.45) is 0 Å². The summed E-state index contributed by atoms with van der Waals surface area (Å²) in [6.07, 6.45) is 9.47. The first-order valence-electron chi connectivity index (χ1n) is 5.49. The van der Waals surface area contributed by atoms with E-state index in [2.05, 4.69) is 0 Å². The van der Waals surface area contributed by atoms with Gasteiger partial charge >= 0.3 is 0 Å². The molecule has 0 radical (unpaired) electrons. The summed E-state index contributed by atoms with van der Waals surface area (Å²) in [4.78, 5) is 11.3. The highest BCUT2D eigenvalue weighted by molar-refractivity contribution is 7.99. The minimum atomic E-state index is 0.480. The van der Waals surface area contributed by atoms with Crippen molar-refractivity contribution >= 4 is 17.5 Å². The average molecular weight is 200 g/mol. The molecule has 0 aromatic carbocycles. The Kier molecular flexibility index (Phi) is 6.34. The summed E-state index contributed by atoms with van der Waals surface area (Å²) >= 11 is 1.95. The first-order chi connectivity index (χ1) is 6.39. The van der Waals surface area contributed by atoms with Crippen LogP contribution in [0.3, 0.4) is 0 Å². The van der Waals surface area contributed by atoms with Gasteiger partial charge < -0.3 is 0 Å². The molecule has 1 rings (SSSR count). The van der Waals surface area contributed by atoms with E-state index in [1.165, 1.54) is 37.9 Å². The fourth-order valence-corrected chi connectivity index (χ4v) is 2.63. The van der Waals surface area contributed by atoms with Crippen LogP contribution in [0.4, 0.5) is 0 Å². The van der Waals surface area contributed by atoms with Crippen LogP contribution in [0.2, 0.25) is 0 Å². The summed E-state index contributed by atoms with van der Waals surface area (Å²) in [5, 5.41) is 0. The molecule has 0 aromatic heterocycles. The second-order valence-electron chi connectivity index (χ2n) is 3.77. The van der Waals surface area contributed by atoms with Crippen LogP contribution in [-0.4, -0.2) is 17.3 Å². The molecule has 0 spiro atoms. The molecule has 1 aliphatic heterocycles. The molecule has 0 amide bonds. The second-order valence-corrected chi connectivity index (χ2v) is 5.00. The molecule has 0 aliphatic carbocycles. The Labute approximate surface area is 85.7 Å². The molecule has 1 aliphatic rings. The highest BCUT2D eigenvalue weighted by atomic mass is 32.2. The van der Waals surface area contributed by atoms with Gasteiger partial charge in [0.05, 0.1) is 0 Å². The molecule has 13 heavy (non-hydrogen) atoms. The fraction of sp³-hybridized carbons (Fsp3) is 0.909. The van der Waals surface area contributed by atoms with Gasteiger partial charge in [-0.1, -0.05) is 25.7 Å². The lowest BCUT2D eigenvalue weighted by atomic mass is 10.1. The lowest BCUT2D eigenvalue weighted by Gasteiger charge is -2.05. The molecule has 0 bridgehead atoms. The highest BCUT2D eigenvalue weighted by Crippen LogP contribution is 2.14. The van der Waals surface area contributed by atoms with Gasteiger partial charge in [0.2, 0.25) is 0 Å². The van der Waals surface area contributed by atoms with E-state index in [1.54, 1.807) is 0 Å². The third kappa shape index (κ3) is 6.14. The number of thioether (sulfide) groups is 1. The van der Waals surface area contributed by atoms with E-state index in [0.29, 0.717) is 5.78 Å². The Morgan fingerprint density at radius 3 is 2.31 bits per heavy atom. The maximum Gasteiger partial charge on any atom is 0.133 e. The van der Waals surface area contributed by atoms with E-state index in [0.717, 1.165) is 25.0 Å². The van der Waals surface area contributed by atoms with Gasteiger partial charge in [0.15, 0.2) is 0 Å². The first kappa shape index (κ1) is 11.1. The van der Waals surface area contributed by atoms with Crippen molar-refractivity contribution < 1.29 is 4.79 Å². The van der Waals surface area contributed by atoms with Crippen LogP contribution in [0.25, 0.3) is 0 Å². The van der Waals surface area contributed by atoms with Gasteiger partial charge in [-0.2, -0.15) is 11.8 Å². The summed E-state index contributed by atoms with van der Waals surface area (Å²) in [7, 11) is 0. The zero-order valence-electron chi connectivity index (χ0n) is 8.39.